The van der Waals surface area contributed by atoms with Crippen LogP contribution in [0.3, 0.4) is 0 Å². The molecule has 1 nitrogen and oxygen atoms in total. The first-order chi connectivity index (χ1) is 9.26. The van der Waals surface area contributed by atoms with Crippen molar-refractivity contribution in [3.05, 3.63) is 35.4 Å². The summed E-state index contributed by atoms with van der Waals surface area (Å²) in [6.07, 6.45) is -1.95. The summed E-state index contributed by atoms with van der Waals surface area (Å²) >= 11 is 0. The molecule has 1 N–H and O–H groups in total. The smallest absolute Gasteiger partial charge is 0.310 e. The van der Waals surface area contributed by atoms with Gasteiger partial charge in [-0.25, -0.2) is 0 Å². The third-order valence-corrected chi connectivity index (χ3v) is 4.61. The Labute approximate surface area is 118 Å². The molecular weight excluding hydrogens is 263 g/mol. The van der Waals surface area contributed by atoms with Crippen molar-refractivity contribution < 1.29 is 13.2 Å². The summed E-state index contributed by atoms with van der Waals surface area (Å²) in [5, 5.41) is 3.30. The molecule has 1 aromatic rings. The predicted octanol–water partition coefficient (Wildman–Crippen LogP) is 4.79. The van der Waals surface area contributed by atoms with Crippen molar-refractivity contribution in [2.45, 2.75) is 45.8 Å². The molecule has 112 valence electrons. The van der Waals surface area contributed by atoms with Gasteiger partial charge in [0.05, 0.1) is 5.56 Å². The Kier molecular flexibility index (Phi) is 4.14. The van der Waals surface area contributed by atoms with Gasteiger partial charge in [-0.05, 0) is 42.7 Å². The second kappa shape index (κ2) is 5.40. The van der Waals surface area contributed by atoms with Crippen LogP contribution >= 0.6 is 0 Å². The van der Waals surface area contributed by atoms with Crippen molar-refractivity contribution in [1.82, 2.24) is 5.32 Å². The van der Waals surface area contributed by atoms with E-state index in [1.807, 2.05) is 0 Å². The number of halogens is 3. The van der Waals surface area contributed by atoms with Crippen LogP contribution in [0.2, 0.25) is 0 Å². The Bertz CT molecular complexity index is 461. The van der Waals surface area contributed by atoms with Gasteiger partial charge < -0.3 is 5.32 Å². The van der Waals surface area contributed by atoms with Crippen LogP contribution in [0.25, 0.3) is 0 Å². The lowest BCUT2D eigenvalue weighted by Gasteiger charge is -2.25. The minimum atomic E-state index is -4.29. The molecule has 1 saturated carbocycles. The summed E-state index contributed by atoms with van der Waals surface area (Å²) in [4.78, 5) is 0. The molecule has 1 aromatic carbocycles. The van der Waals surface area contributed by atoms with Gasteiger partial charge in [0.15, 0.2) is 0 Å². The molecule has 2 rings (SSSR count). The molecule has 20 heavy (non-hydrogen) atoms. The van der Waals surface area contributed by atoms with Gasteiger partial charge in [0.1, 0.15) is 0 Å². The minimum absolute atomic E-state index is 0.288. The largest absolute Gasteiger partial charge is 0.416 e. The zero-order chi connectivity index (χ0) is 15.0. The van der Waals surface area contributed by atoms with E-state index in [1.54, 1.807) is 19.1 Å². The summed E-state index contributed by atoms with van der Waals surface area (Å²) < 4.78 is 39.0. The normalized spacial score (nSPS) is 19.1. The second-order valence-electron chi connectivity index (χ2n) is 6.20. The van der Waals surface area contributed by atoms with Gasteiger partial charge in [-0.3, -0.25) is 0 Å². The SMILES string of the molecule is CC(NCC1(C(C)C)CC1)c1ccccc1C(F)(F)F. The maximum Gasteiger partial charge on any atom is 0.416 e. The third kappa shape index (κ3) is 3.17. The van der Waals surface area contributed by atoms with E-state index in [0.717, 1.165) is 12.6 Å². The summed E-state index contributed by atoms with van der Waals surface area (Å²) in [7, 11) is 0. The Morgan fingerprint density at radius 1 is 1.15 bits per heavy atom. The quantitative estimate of drug-likeness (QED) is 0.820. The van der Waals surface area contributed by atoms with Crippen molar-refractivity contribution in [2.75, 3.05) is 6.54 Å². The van der Waals surface area contributed by atoms with Crippen LogP contribution in [-0.2, 0) is 6.18 Å². The summed E-state index contributed by atoms with van der Waals surface area (Å²) in [6.45, 7) is 6.96. The molecule has 0 bridgehead atoms. The van der Waals surface area contributed by atoms with Gasteiger partial charge in [0, 0.05) is 12.6 Å². The highest BCUT2D eigenvalue weighted by molar-refractivity contribution is 5.32. The molecule has 0 aromatic heterocycles. The maximum absolute atomic E-state index is 13.0. The molecule has 0 heterocycles. The molecule has 0 saturated heterocycles. The number of nitrogens with one attached hydrogen (secondary N) is 1. The zero-order valence-corrected chi connectivity index (χ0v) is 12.2. The summed E-state index contributed by atoms with van der Waals surface area (Å²) in [5.41, 5.74) is 0.0930. The van der Waals surface area contributed by atoms with Gasteiger partial charge in [-0.1, -0.05) is 32.0 Å². The van der Waals surface area contributed by atoms with Crippen LogP contribution < -0.4 is 5.32 Å². The third-order valence-electron chi connectivity index (χ3n) is 4.61. The fourth-order valence-electron chi connectivity index (χ4n) is 2.72. The molecule has 0 amide bonds. The average Bonchev–Trinajstić information content (AvgIpc) is 3.16. The van der Waals surface area contributed by atoms with E-state index in [4.69, 9.17) is 0 Å². The molecule has 1 unspecified atom stereocenters. The highest BCUT2D eigenvalue weighted by Gasteiger charge is 2.45. The van der Waals surface area contributed by atoms with Crippen LogP contribution in [0.1, 0.15) is 50.8 Å². The number of benzene rings is 1. The van der Waals surface area contributed by atoms with E-state index in [2.05, 4.69) is 19.2 Å². The van der Waals surface area contributed by atoms with Crippen LogP contribution in [0.5, 0.6) is 0 Å². The van der Waals surface area contributed by atoms with Crippen LogP contribution in [0, 0.1) is 11.3 Å². The van der Waals surface area contributed by atoms with E-state index in [0.29, 0.717) is 16.9 Å². The van der Waals surface area contributed by atoms with Crippen LogP contribution in [0.4, 0.5) is 13.2 Å². The number of hydrogen-bond donors (Lipinski definition) is 1. The van der Waals surface area contributed by atoms with Crippen molar-refractivity contribution in [3.8, 4) is 0 Å². The highest BCUT2D eigenvalue weighted by Crippen LogP contribution is 2.51. The van der Waals surface area contributed by atoms with Crippen molar-refractivity contribution in [3.63, 3.8) is 0 Å². The number of rotatable bonds is 5. The van der Waals surface area contributed by atoms with Gasteiger partial charge >= 0.3 is 6.18 Å². The average molecular weight is 285 g/mol. The molecule has 1 fully saturated rings. The fourth-order valence-corrected chi connectivity index (χ4v) is 2.72. The molecule has 0 radical (unpaired) electrons. The molecule has 1 atom stereocenters. The summed E-state index contributed by atoms with van der Waals surface area (Å²) in [5.74, 6) is 0.569. The maximum atomic E-state index is 13.0. The highest BCUT2D eigenvalue weighted by atomic mass is 19.4. The zero-order valence-electron chi connectivity index (χ0n) is 12.2. The predicted molar refractivity (Wildman–Crippen MR) is 74.4 cm³/mol. The second-order valence-corrected chi connectivity index (χ2v) is 6.20. The minimum Gasteiger partial charge on any atom is -0.310 e. The summed E-state index contributed by atoms with van der Waals surface area (Å²) in [6, 6.07) is 5.54. The standard InChI is InChI=1S/C16H22F3N/c1-11(2)15(8-9-15)10-20-12(3)13-6-4-5-7-14(13)16(17,18)19/h4-7,11-12,20H,8-10H2,1-3H3. The lowest BCUT2D eigenvalue weighted by atomic mass is 9.91. The Hall–Kier alpha value is -1.03. The van der Waals surface area contributed by atoms with Gasteiger partial charge in [-0.15, -0.1) is 0 Å². The van der Waals surface area contributed by atoms with E-state index in [-0.39, 0.29) is 6.04 Å². The van der Waals surface area contributed by atoms with E-state index >= 15 is 0 Å². The fraction of sp³-hybridized carbons (Fsp3) is 0.625. The van der Waals surface area contributed by atoms with Crippen molar-refractivity contribution in [2.24, 2.45) is 11.3 Å². The van der Waals surface area contributed by atoms with Crippen LogP contribution in [0.15, 0.2) is 24.3 Å². The molecular formula is C16H22F3N. The topological polar surface area (TPSA) is 12.0 Å². The van der Waals surface area contributed by atoms with E-state index in [1.165, 1.54) is 18.9 Å². The molecule has 1 aliphatic rings. The molecule has 4 heteroatoms. The van der Waals surface area contributed by atoms with E-state index in [9.17, 15) is 13.2 Å². The first-order valence-corrected chi connectivity index (χ1v) is 7.16. The Morgan fingerprint density at radius 2 is 1.75 bits per heavy atom. The number of alkyl halides is 3. The lowest BCUT2D eigenvalue weighted by Crippen LogP contribution is -2.30. The van der Waals surface area contributed by atoms with Crippen molar-refractivity contribution >= 4 is 0 Å². The van der Waals surface area contributed by atoms with Gasteiger partial charge in [0.25, 0.3) is 0 Å². The molecule has 1 aliphatic carbocycles. The Morgan fingerprint density at radius 3 is 2.25 bits per heavy atom. The monoisotopic (exact) mass is 285 g/mol. The lowest BCUT2D eigenvalue weighted by molar-refractivity contribution is -0.138. The first-order valence-electron chi connectivity index (χ1n) is 7.16. The van der Waals surface area contributed by atoms with Crippen molar-refractivity contribution in [1.29, 1.82) is 0 Å². The number of hydrogen-bond acceptors (Lipinski definition) is 1. The van der Waals surface area contributed by atoms with Crippen LogP contribution in [-0.4, -0.2) is 6.54 Å². The van der Waals surface area contributed by atoms with E-state index < -0.39 is 11.7 Å². The molecule has 0 spiro atoms. The van der Waals surface area contributed by atoms with Gasteiger partial charge in [-0.2, -0.15) is 13.2 Å². The first kappa shape index (κ1) is 15.4. The van der Waals surface area contributed by atoms with Gasteiger partial charge in [0.2, 0.25) is 0 Å². The molecule has 0 aliphatic heterocycles. The Balaban J connectivity index is 2.08.